The summed E-state index contributed by atoms with van der Waals surface area (Å²) in [6.07, 6.45) is 3.52. The van der Waals surface area contributed by atoms with Gasteiger partial charge >= 0.3 is 7.82 Å². The van der Waals surface area contributed by atoms with Gasteiger partial charge in [0, 0.05) is 16.7 Å². The standard InChI is InChI=1S/C22H30FO8P/c1-12-8-16-15-5-4-13-9-14(24)6-7-20(13,3)22(15,23)17(25)10-19(16,2)18(26)21(12,27)11-31-32(28,29)30/h6-7,9,12,15-17,25,27H,4-5,8,10-11H2,1-3H3,(H2,28,29,30)/t12?,15-,16-,17-,19-,20-,21?,22-/m0/s1. The normalized spacial score (nSPS) is 48.6. The van der Waals surface area contributed by atoms with Crippen LogP contribution in [0, 0.1) is 28.6 Å². The molecule has 0 aliphatic heterocycles. The maximum atomic E-state index is 17.0. The second kappa shape index (κ2) is 7.14. The molecule has 3 saturated carbocycles. The minimum atomic E-state index is -4.93. The molecule has 0 aromatic heterocycles. The summed E-state index contributed by atoms with van der Waals surface area (Å²) in [5, 5.41) is 22.3. The summed E-state index contributed by atoms with van der Waals surface area (Å²) < 4.78 is 32.7. The smallest absolute Gasteiger partial charge is 0.390 e. The number of allylic oxidation sites excluding steroid dienone is 4. The first-order chi connectivity index (χ1) is 14.6. The Kier molecular flexibility index (Phi) is 5.34. The highest BCUT2D eigenvalue weighted by Crippen LogP contribution is 2.67. The molecule has 0 spiro atoms. The Labute approximate surface area is 185 Å². The van der Waals surface area contributed by atoms with Gasteiger partial charge in [0.2, 0.25) is 0 Å². The van der Waals surface area contributed by atoms with Crippen molar-refractivity contribution in [1.82, 2.24) is 0 Å². The fourth-order valence-electron chi connectivity index (χ4n) is 6.94. The van der Waals surface area contributed by atoms with E-state index in [1.165, 1.54) is 18.2 Å². The summed E-state index contributed by atoms with van der Waals surface area (Å²) in [6, 6.07) is 0. The Morgan fingerprint density at radius 1 is 1.25 bits per heavy atom. The number of halogens is 1. The number of ketones is 2. The number of Topliss-reactive ketones (excluding diaryl/α,β-unsaturated/α-hetero) is 1. The molecule has 0 radical (unpaired) electrons. The van der Waals surface area contributed by atoms with Crippen molar-refractivity contribution in [3.05, 3.63) is 23.8 Å². The number of carbonyl (C=O) groups excluding carboxylic acids is 2. The minimum Gasteiger partial charge on any atom is -0.390 e. The van der Waals surface area contributed by atoms with Crippen molar-refractivity contribution < 1.29 is 43.1 Å². The molecule has 4 rings (SSSR count). The predicted molar refractivity (Wildman–Crippen MR) is 111 cm³/mol. The molecule has 3 fully saturated rings. The van der Waals surface area contributed by atoms with E-state index in [-0.39, 0.29) is 18.6 Å². The van der Waals surface area contributed by atoms with Crippen LogP contribution in [0.25, 0.3) is 0 Å². The zero-order chi connectivity index (χ0) is 23.9. The van der Waals surface area contributed by atoms with Gasteiger partial charge in [-0.25, -0.2) is 8.96 Å². The lowest BCUT2D eigenvalue weighted by Gasteiger charge is -2.64. The summed E-state index contributed by atoms with van der Waals surface area (Å²) in [5.74, 6) is -2.85. The van der Waals surface area contributed by atoms with Crippen LogP contribution in [0.4, 0.5) is 4.39 Å². The average molecular weight is 472 g/mol. The number of hydrogen-bond donors (Lipinski definition) is 4. The van der Waals surface area contributed by atoms with E-state index in [2.05, 4.69) is 4.52 Å². The number of hydrogen-bond acceptors (Lipinski definition) is 6. The van der Waals surface area contributed by atoms with Crippen molar-refractivity contribution in [2.45, 2.75) is 63.8 Å². The Balaban J connectivity index is 1.74. The van der Waals surface area contributed by atoms with E-state index in [4.69, 9.17) is 9.79 Å². The highest BCUT2D eigenvalue weighted by molar-refractivity contribution is 7.46. The molecule has 10 heteroatoms. The van der Waals surface area contributed by atoms with Gasteiger partial charge in [-0.05, 0) is 56.6 Å². The number of carbonyl (C=O) groups is 2. The third-order valence-electron chi connectivity index (χ3n) is 8.82. The molecule has 4 aliphatic rings. The number of aliphatic hydroxyl groups is 2. The molecule has 4 aliphatic carbocycles. The van der Waals surface area contributed by atoms with Crippen molar-refractivity contribution in [3.63, 3.8) is 0 Å². The summed E-state index contributed by atoms with van der Waals surface area (Å²) >= 11 is 0. The fourth-order valence-corrected chi connectivity index (χ4v) is 7.31. The van der Waals surface area contributed by atoms with E-state index in [0.29, 0.717) is 18.4 Å². The molecule has 8 nitrogen and oxygen atoms in total. The molecule has 0 saturated heterocycles. The van der Waals surface area contributed by atoms with Crippen LogP contribution < -0.4 is 0 Å². The Morgan fingerprint density at radius 2 is 1.91 bits per heavy atom. The molecule has 32 heavy (non-hydrogen) atoms. The van der Waals surface area contributed by atoms with E-state index in [1.54, 1.807) is 20.8 Å². The van der Waals surface area contributed by atoms with E-state index in [1.807, 2.05) is 0 Å². The summed E-state index contributed by atoms with van der Waals surface area (Å²) in [6.45, 7) is 3.97. The van der Waals surface area contributed by atoms with Gasteiger partial charge in [-0.15, -0.1) is 0 Å². The van der Waals surface area contributed by atoms with Crippen molar-refractivity contribution in [2.75, 3.05) is 6.61 Å². The highest BCUT2D eigenvalue weighted by Gasteiger charge is 2.72. The van der Waals surface area contributed by atoms with Gasteiger partial charge in [-0.1, -0.05) is 25.5 Å². The number of alkyl halides is 1. The van der Waals surface area contributed by atoms with E-state index in [9.17, 15) is 24.4 Å². The lowest BCUT2D eigenvalue weighted by Crippen LogP contribution is -2.72. The molecular formula is C22H30FO8P. The lowest BCUT2D eigenvalue weighted by atomic mass is 9.41. The molecule has 2 unspecified atom stereocenters. The van der Waals surface area contributed by atoms with Crippen LogP contribution in [0.5, 0.6) is 0 Å². The molecule has 0 aromatic rings. The largest absolute Gasteiger partial charge is 0.469 e. The van der Waals surface area contributed by atoms with Crippen molar-refractivity contribution in [1.29, 1.82) is 0 Å². The van der Waals surface area contributed by atoms with E-state index in [0.717, 1.165) is 0 Å². The van der Waals surface area contributed by atoms with E-state index >= 15 is 4.39 Å². The van der Waals surface area contributed by atoms with Gasteiger partial charge in [0.1, 0.15) is 5.60 Å². The molecule has 0 heterocycles. The minimum absolute atomic E-state index is 0.216. The van der Waals surface area contributed by atoms with Crippen LogP contribution in [0.15, 0.2) is 23.8 Å². The zero-order valence-electron chi connectivity index (χ0n) is 18.3. The number of phosphoric ester groups is 1. The third-order valence-corrected chi connectivity index (χ3v) is 9.28. The summed E-state index contributed by atoms with van der Waals surface area (Å²) in [5.41, 5.74) is -6.12. The molecule has 178 valence electrons. The quantitative estimate of drug-likeness (QED) is 0.457. The molecular weight excluding hydrogens is 442 g/mol. The number of phosphoric acid groups is 1. The second-order valence-electron chi connectivity index (χ2n) is 10.4. The van der Waals surface area contributed by atoms with Crippen molar-refractivity contribution in [3.8, 4) is 0 Å². The van der Waals surface area contributed by atoms with E-state index < -0.39 is 66.2 Å². The van der Waals surface area contributed by atoms with Crippen LogP contribution in [0.3, 0.4) is 0 Å². The molecule has 0 aromatic carbocycles. The van der Waals surface area contributed by atoms with Crippen LogP contribution in [0.2, 0.25) is 0 Å². The Hall–Kier alpha value is -1.22. The van der Waals surface area contributed by atoms with Gasteiger partial charge < -0.3 is 20.0 Å². The van der Waals surface area contributed by atoms with Crippen LogP contribution in [-0.4, -0.2) is 55.5 Å². The Morgan fingerprint density at radius 3 is 2.53 bits per heavy atom. The van der Waals surface area contributed by atoms with Crippen molar-refractivity contribution >= 4 is 19.4 Å². The maximum absolute atomic E-state index is 17.0. The van der Waals surface area contributed by atoms with Gasteiger partial charge in [0.15, 0.2) is 17.2 Å². The van der Waals surface area contributed by atoms with Gasteiger partial charge in [-0.3, -0.25) is 14.1 Å². The highest BCUT2D eigenvalue weighted by atomic mass is 31.2. The van der Waals surface area contributed by atoms with Crippen LogP contribution in [-0.2, 0) is 18.7 Å². The summed E-state index contributed by atoms with van der Waals surface area (Å²) in [4.78, 5) is 43.6. The molecule has 0 bridgehead atoms. The van der Waals surface area contributed by atoms with Gasteiger partial charge in [0.05, 0.1) is 12.7 Å². The third kappa shape index (κ3) is 3.09. The lowest BCUT2D eigenvalue weighted by molar-refractivity contribution is -0.225. The molecule has 8 atom stereocenters. The number of aliphatic hydroxyl groups excluding tert-OH is 1. The zero-order valence-corrected chi connectivity index (χ0v) is 19.2. The monoisotopic (exact) mass is 472 g/mol. The van der Waals surface area contributed by atoms with Crippen LogP contribution >= 0.6 is 7.82 Å². The molecule has 4 N–H and O–H groups in total. The van der Waals surface area contributed by atoms with Crippen LogP contribution in [0.1, 0.15) is 46.5 Å². The Bertz CT molecular complexity index is 973. The van der Waals surface area contributed by atoms with Gasteiger partial charge in [0.25, 0.3) is 0 Å². The van der Waals surface area contributed by atoms with Gasteiger partial charge in [-0.2, -0.15) is 0 Å². The SMILES string of the molecule is CC1C[C@H]2[C@@H]3CCC4=CC(=O)C=C[C@]4(C)[C@@]3(F)[C@@H](O)C[C@]2(C)C(=O)C1(O)COP(=O)(O)O. The summed E-state index contributed by atoms with van der Waals surface area (Å²) in [7, 11) is -4.93. The fraction of sp³-hybridized carbons (Fsp3) is 0.727. The maximum Gasteiger partial charge on any atom is 0.469 e. The first-order valence-corrected chi connectivity index (χ1v) is 12.4. The van der Waals surface area contributed by atoms with Crippen molar-refractivity contribution in [2.24, 2.45) is 28.6 Å². The second-order valence-corrected chi connectivity index (χ2v) is 11.7. The number of fused-ring (bicyclic) bond motifs is 5. The first-order valence-electron chi connectivity index (χ1n) is 10.9. The topological polar surface area (TPSA) is 141 Å². The number of rotatable bonds is 3. The molecule has 0 amide bonds. The first kappa shape index (κ1) is 23.9. The average Bonchev–Trinajstić information content (AvgIpc) is 2.69. The predicted octanol–water partition coefficient (Wildman–Crippen LogP) is 2.01.